The van der Waals surface area contributed by atoms with Crippen molar-refractivity contribution in [3.8, 4) is 5.75 Å². The minimum absolute atomic E-state index is 0.388. The number of benzene rings is 1. The van der Waals surface area contributed by atoms with Crippen LogP contribution in [0.1, 0.15) is 24.1 Å². The molecule has 2 aliphatic rings. The van der Waals surface area contributed by atoms with Gasteiger partial charge in [-0.1, -0.05) is 6.07 Å². The van der Waals surface area contributed by atoms with Crippen LogP contribution in [0.2, 0.25) is 0 Å². The maximum atomic E-state index is 5.68. The van der Waals surface area contributed by atoms with Crippen molar-refractivity contribution >= 4 is 17.3 Å². The molecular weight excluding hydrogens is 266 g/mol. The van der Waals surface area contributed by atoms with Crippen LogP contribution in [0.4, 0.5) is 17.3 Å². The van der Waals surface area contributed by atoms with Gasteiger partial charge in [0.15, 0.2) is 11.6 Å². The molecule has 2 aliphatic heterocycles. The van der Waals surface area contributed by atoms with Crippen molar-refractivity contribution in [3.05, 3.63) is 35.7 Å². The summed E-state index contributed by atoms with van der Waals surface area (Å²) in [5.41, 5.74) is 3.71. The molecule has 0 radical (unpaired) electrons. The normalized spacial score (nSPS) is 19.2. The SMILES string of the molecule is CC1NCc2ccc(Nc3ncnc4c3OCCN4)cc21. The first-order valence-electron chi connectivity index (χ1n) is 7.16. The van der Waals surface area contributed by atoms with E-state index >= 15 is 0 Å². The number of hydrogen-bond donors (Lipinski definition) is 3. The molecule has 0 fully saturated rings. The average molecular weight is 283 g/mol. The lowest BCUT2D eigenvalue weighted by molar-refractivity contribution is 0.322. The smallest absolute Gasteiger partial charge is 0.204 e. The molecule has 1 atom stereocenters. The van der Waals surface area contributed by atoms with Gasteiger partial charge >= 0.3 is 0 Å². The van der Waals surface area contributed by atoms with Gasteiger partial charge in [-0.25, -0.2) is 9.97 Å². The predicted octanol–water partition coefficient (Wildman–Crippen LogP) is 2.19. The Morgan fingerprint density at radius 2 is 2.29 bits per heavy atom. The lowest BCUT2D eigenvalue weighted by Crippen LogP contribution is -2.20. The summed E-state index contributed by atoms with van der Waals surface area (Å²) in [6.07, 6.45) is 1.54. The highest BCUT2D eigenvalue weighted by atomic mass is 16.5. The van der Waals surface area contributed by atoms with E-state index in [2.05, 4.69) is 51.0 Å². The fourth-order valence-corrected chi connectivity index (χ4v) is 2.79. The quantitative estimate of drug-likeness (QED) is 0.785. The van der Waals surface area contributed by atoms with Crippen LogP contribution in [0, 0.1) is 0 Å². The van der Waals surface area contributed by atoms with Crippen LogP contribution in [-0.4, -0.2) is 23.1 Å². The summed E-state index contributed by atoms with van der Waals surface area (Å²) >= 11 is 0. The second kappa shape index (κ2) is 4.89. The second-order valence-corrected chi connectivity index (χ2v) is 5.32. The van der Waals surface area contributed by atoms with Gasteiger partial charge in [0, 0.05) is 18.3 Å². The van der Waals surface area contributed by atoms with Crippen LogP contribution in [0.25, 0.3) is 0 Å². The number of fused-ring (bicyclic) bond motifs is 2. The second-order valence-electron chi connectivity index (χ2n) is 5.32. The average Bonchev–Trinajstić information content (AvgIpc) is 2.89. The molecule has 3 N–H and O–H groups in total. The molecule has 21 heavy (non-hydrogen) atoms. The van der Waals surface area contributed by atoms with Crippen molar-refractivity contribution in [2.75, 3.05) is 23.8 Å². The van der Waals surface area contributed by atoms with Crippen molar-refractivity contribution in [2.24, 2.45) is 0 Å². The third-order valence-corrected chi connectivity index (χ3v) is 3.92. The van der Waals surface area contributed by atoms with Gasteiger partial charge in [-0.05, 0) is 30.2 Å². The van der Waals surface area contributed by atoms with Crippen molar-refractivity contribution in [1.82, 2.24) is 15.3 Å². The molecule has 108 valence electrons. The lowest BCUT2D eigenvalue weighted by Gasteiger charge is -2.20. The van der Waals surface area contributed by atoms with Gasteiger partial charge in [0.05, 0.1) is 6.54 Å². The van der Waals surface area contributed by atoms with Crippen molar-refractivity contribution in [3.63, 3.8) is 0 Å². The van der Waals surface area contributed by atoms with E-state index in [1.165, 1.54) is 11.1 Å². The number of rotatable bonds is 2. The standard InChI is InChI=1S/C15H17N5O/c1-9-12-6-11(3-2-10(12)7-17-9)20-15-13-14(18-8-19-15)16-4-5-21-13/h2-3,6,8-9,17H,4-5,7H2,1H3,(H2,16,18,19,20). The zero-order valence-corrected chi connectivity index (χ0v) is 11.8. The number of anilines is 3. The molecule has 6 nitrogen and oxygen atoms in total. The van der Waals surface area contributed by atoms with E-state index in [9.17, 15) is 0 Å². The van der Waals surface area contributed by atoms with Crippen molar-refractivity contribution < 1.29 is 4.74 Å². The molecule has 0 aliphatic carbocycles. The molecule has 0 saturated heterocycles. The molecule has 2 aromatic rings. The van der Waals surface area contributed by atoms with Gasteiger partial charge in [0.1, 0.15) is 12.9 Å². The Morgan fingerprint density at radius 1 is 1.33 bits per heavy atom. The van der Waals surface area contributed by atoms with Gasteiger partial charge in [0.25, 0.3) is 0 Å². The monoisotopic (exact) mass is 283 g/mol. The van der Waals surface area contributed by atoms with Crippen LogP contribution in [0.15, 0.2) is 24.5 Å². The summed E-state index contributed by atoms with van der Waals surface area (Å²) in [4.78, 5) is 8.49. The summed E-state index contributed by atoms with van der Waals surface area (Å²) in [6, 6.07) is 6.79. The maximum absolute atomic E-state index is 5.68. The molecule has 3 heterocycles. The Kier molecular flexibility index (Phi) is 2.89. The molecule has 6 heteroatoms. The molecule has 0 bridgehead atoms. The summed E-state index contributed by atoms with van der Waals surface area (Å²) in [7, 11) is 0. The number of nitrogens with zero attached hydrogens (tertiary/aromatic N) is 2. The number of aromatic nitrogens is 2. The van der Waals surface area contributed by atoms with Gasteiger partial charge in [-0.2, -0.15) is 0 Å². The number of nitrogens with one attached hydrogen (secondary N) is 3. The third-order valence-electron chi connectivity index (χ3n) is 3.92. The zero-order valence-electron chi connectivity index (χ0n) is 11.8. The van der Waals surface area contributed by atoms with Crippen LogP contribution in [0.5, 0.6) is 5.75 Å². The summed E-state index contributed by atoms with van der Waals surface area (Å²) in [5, 5.41) is 9.99. The molecule has 0 amide bonds. The van der Waals surface area contributed by atoms with Gasteiger partial charge in [-0.15, -0.1) is 0 Å². The van der Waals surface area contributed by atoms with E-state index in [0.717, 1.165) is 24.6 Å². The van der Waals surface area contributed by atoms with E-state index in [-0.39, 0.29) is 0 Å². The van der Waals surface area contributed by atoms with Crippen LogP contribution in [0.3, 0.4) is 0 Å². The minimum Gasteiger partial charge on any atom is -0.485 e. The zero-order chi connectivity index (χ0) is 14.2. The molecule has 1 aromatic heterocycles. The minimum atomic E-state index is 0.388. The van der Waals surface area contributed by atoms with Gasteiger partial charge in [-0.3, -0.25) is 0 Å². The third kappa shape index (κ3) is 2.17. The summed E-state index contributed by atoms with van der Waals surface area (Å²) in [6.45, 7) is 4.51. The fraction of sp³-hybridized carbons (Fsp3) is 0.333. The largest absolute Gasteiger partial charge is 0.485 e. The van der Waals surface area contributed by atoms with E-state index < -0.39 is 0 Å². The first kappa shape index (κ1) is 12.4. The molecule has 1 unspecified atom stereocenters. The van der Waals surface area contributed by atoms with Crippen molar-refractivity contribution in [1.29, 1.82) is 0 Å². The maximum Gasteiger partial charge on any atom is 0.204 e. The Morgan fingerprint density at radius 3 is 3.24 bits per heavy atom. The number of hydrogen-bond acceptors (Lipinski definition) is 6. The van der Waals surface area contributed by atoms with E-state index in [1.807, 2.05) is 0 Å². The Labute approximate surface area is 123 Å². The summed E-state index contributed by atoms with van der Waals surface area (Å²) in [5.74, 6) is 2.14. The highest BCUT2D eigenvalue weighted by molar-refractivity contribution is 5.70. The molecule has 1 aromatic carbocycles. The van der Waals surface area contributed by atoms with Gasteiger partial charge < -0.3 is 20.7 Å². The Hall–Kier alpha value is -2.34. The highest BCUT2D eigenvalue weighted by Gasteiger charge is 2.20. The fourth-order valence-electron chi connectivity index (χ4n) is 2.79. The van der Waals surface area contributed by atoms with Gasteiger partial charge in [0.2, 0.25) is 5.75 Å². The predicted molar refractivity (Wildman–Crippen MR) is 81.0 cm³/mol. The summed E-state index contributed by atoms with van der Waals surface area (Å²) < 4.78 is 5.68. The first-order chi connectivity index (χ1) is 10.3. The molecule has 0 spiro atoms. The Bertz CT molecular complexity index is 688. The van der Waals surface area contributed by atoms with Crippen LogP contribution >= 0.6 is 0 Å². The first-order valence-corrected chi connectivity index (χ1v) is 7.16. The molecule has 4 rings (SSSR count). The number of ether oxygens (including phenoxy) is 1. The van der Waals surface area contributed by atoms with E-state index in [0.29, 0.717) is 24.2 Å². The van der Waals surface area contributed by atoms with Crippen molar-refractivity contribution in [2.45, 2.75) is 19.5 Å². The molecule has 0 saturated carbocycles. The Balaban J connectivity index is 1.66. The van der Waals surface area contributed by atoms with E-state index in [1.54, 1.807) is 6.33 Å². The van der Waals surface area contributed by atoms with E-state index in [4.69, 9.17) is 4.74 Å². The van der Waals surface area contributed by atoms with Crippen LogP contribution < -0.4 is 20.7 Å². The lowest BCUT2D eigenvalue weighted by atomic mass is 10.1. The molecular formula is C15H17N5O. The van der Waals surface area contributed by atoms with Crippen LogP contribution in [-0.2, 0) is 6.54 Å². The topological polar surface area (TPSA) is 71.1 Å². The highest BCUT2D eigenvalue weighted by Crippen LogP contribution is 2.34.